The molecule has 0 saturated carbocycles. The van der Waals surface area contributed by atoms with Crippen molar-refractivity contribution < 1.29 is 4.79 Å². The Kier molecular flexibility index (Phi) is 5.19. The molecule has 0 atom stereocenters. The van der Waals surface area contributed by atoms with E-state index < -0.39 is 0 Å². The van der Waals surface area contributed by atoms with Crippen molar-refractivity contribution >= 4 is 17.5 Å². The number of aromatic nitrogens is 3. The van der Waals surface area contributed by atoms with Gasteiger partial charge in [0.2, 0.25) is 11.9 Å². The summed E-state index contributed by atoms with van der Waals surface area (Å²) in [4.78, 5) is 19.6. The fourth-order valence-corrected chi connectivity index (χ4v) is 3.89. The maximum Gasteiger partial charge on any atom is 0.249 e. The zero-order valence-electron chi connectivity index (χ0n) is 17.1. The molecule has 1 aliphatic rings. The van der Waals surface area contributed by atoms with Crippen LogP contribution in [0.5, 0.6) is 0 Å². The molecule has 154 valence electrons. The van der Waals surface area contributed by atoms with Gasteiger partial charge in [-0.1, -0.05) is 78.9 Å². The van der Waals surface area contributed by atoms with Gasteiger partial charge in [0.15, 0.2) is 5.82 Å². The van der Waals surface area contributed by atoms with Crippen LogP contribution in [0.3, 0.4) is 0 Å². The molecule has 1 aromatic heterocycles. The number of carbonyl (C=O) groups excluding carboxylic acids is 1. The van der Waals surface area contributed by atoms with Gasteiger partial charge < -0.3 is 10.2 Å². The zero-order valence-corrected chi connectivity index (χ0v) is 17.1. The highest BCUT2D eigenvalue weighted by Crippen LogP contribution is 2.33. The first-order valence-corrected chi connectivity index (χ1v) is 10.4. The number of fused-ring (bicyclic) bond motifs is 1. The van der Waals surface area contributed by atoms with Crippen LogP contribution in [0.1, 0.15) is 11.1 Å². The smallest absolute Gasteiger partial charge is 0.249 e. The van der Waals surface area contributed by atoms with Crippen molar-refractivity contribution in [2.75, 3.05) is 11.4 Å². The highest BCUT2D eigenvalue weighted by Gasteiger charge is 2.25. The first kappa shape index (κ1) is 19.1. The molecule has 1 aliphatic heterocycles. The van der Waals surface area contributed by atoms with E-state index in [0.29, 0.717) is 18.3 Å². The predicted octanol–water partition coefficient (Wildman–Crippen LogP) is 3.96. The molecule has 6 heteroatoms. The van der Waals surface area contributed by atoms with E-state index in [1.807, 2.05) is 66.7 Å². The predicted molar refractivity (Wildman–Crippen MR) is 121 cm³/mol. The number of nitrogens with one attached hydrogen (secondary N) is 1. The largest absolute Gasteiger partial charge is 0.350 e. The maximum atomic E-state index is 12.7. The third-order valence-corrected chi connectivity index (χ3v) is 5.45. The lowest BCUT2D eigenvalue weighted by Gasteiger charge is -2.14. The molecule has 1 amide bonds. The van der Waals surface area contributed by atoms with Crippen LogP contribution in [0.4, 0.5) is 11.6 Å². The normalized spacial score (nSPS) is 12.6. The molecule has 0 bridgehead atoms. The first-order valence-electron chi connectivity index (χ1n) is 10.4. The Morgan fingerprint density at radius 3 is 2.42 bits per heavy atom. The number of carbonyl (C=O) groups is 1. The molecule has 0 spiro atoms. The molecule has 3 aromatic carbocycles. The van der Waals surface area contributed by atoms with Crippen molar-refractivity contribution in [2.45, 2.75) is 19.5 Å². The average molecular weight is 409 g/mol. The molecule has 4 aromatic rings. The van der Waals surface area contributed by atoms with E-state index >= 15 is 0 Å². The summed E-state index contributed by atoms with van der Waals surface area (Å²) in [5, 5.41) is 7.71. The van der Waals surface area contributed by atoms with Crippen LogP contribution in [-0.4, -0.2) is 27.2 Å². The summed E-state index contributed by atoms with van der Waals surface area (Å²) in [6, 6.07) is 28.1. The first-order chi connectivity index (χ1) is 15.3. The van der Waals surface area contributed by atoms with Crippen molar-refractivity contribution in [3.63, 3.8) is 0 Å². The third-order valence-electron chi connectivity index (χ3n) is 5.45. The van der Waals surface area contributed by atoms with Gasteiger partial charge in [0.05, 0.1) is 0 Å². The summed E-state index contributed by atoms with van der Waals surface area (Å²) in [5.41, 5.74) is 4.42. The van der Waals surface area contributed by atoms with Crippen molar-refractivity contribution in [1.29, 1.82) is 0 Å². The molecule has 0 saturated heterocycles. The topological polar surface area (TPSA) is 63.1 Å². The second kappa shape index (κ2) is 8.44. The fourth-order valence-electron chi connectivity index (χ4n) is 3.89. The number of hydrogen-bond acceptors (Lipinski definition) is 4. The van der Waals surface area contributed by atoms with E-state index in [1.54, 1.807) is 4.68 Å². The molecule has 2 heterocycles. The van der Waals surface area contributed by atoms with Crippen LogP contribution in [0.15, 0.2) is 84.9 Å². The molecular formula is C25H23N5O. The van der Waals surface area contributed by atoms with Crippen LogP contribution >= 0.6 is 0 Å². The van der Waals surface area contributed by atoms with Gasteiger partial charge in [-0.3, -0.25) is 4.79 Å². The number of amides is 1. The highest BCUT2D eigenvalue weighted by atomic mass is 16.2. The summed E-state index contributed by atoms with van der Waals surface area (Å²) in [7, 11) is 0. The van der Waals surface area contributed by atoms with Crippen LogP contribution < -0.4 is 10.2 Å². The molecule has 1 N–H and O–H groups in total. The maximum absolute atomic E-state index is 12.7. The van der Waals surface area contributed by atoms with E-state index in [4.69, 9.17) is 10.1 Å². The van der Waals surface area contributed by atoms with E-state index in [1.165, 1.54) is 5.56 Å². The number of nitrogens with zero attached hydrogens (tertiary/aromatic N) is 4. The van der Waals surface area contributed by atoms with Gasteiger partial charge in [0.25, 0.3) is 0 Å². The standard InChI is InChI=1S/C25H23N5O/c31-23(26-17-19-9-3-1-4-10-19)18-30-24(21-12-5-2-6-13-21)27-25(28-30)29-16-15-20-11-7-8-14-22(20)29/h1-14H,15-18H2,(H,26,31). The lowest BCUT2D eigenvalue weighted by Crippen LogP contribution is -2.28. The SMILES string of the molecule is O=C(Cn1nc(N2CCc3ccccc32)nc1-c1ccccc1)NCc1ccccc1. The molecule has 0 unspecified atom stereocenters. The van der Waals surface area contributed by atoms with Crippen molar-refractivity contribution in [3.8, 4) is 11.4 Å². The van der Waals surface area contributed by atoms with E-state index in [0.717, 1.165) is 29.8 Å². The minimum atomic E-state index is -0.0979. The Morgan fingerprint density at radius 1 is 0.903 bits per heavy atom. The van der Waals surface area contributed by atoms with Gasteiger partial charge in [-0.05, 0) is 23.6 Å². The summed E-state index contributed by atoms with van der Waals surface area (Å²) in [6.45, 7) is 1.43. The zero-order chi connectivity index (χ0) is 21.0. The van der Waals surface area contributed by atoms with Crippen molar-refractivity contribution in [1.82, 2.24) is 20.1 Å². The average Bonchev–Trinajstić information content (AvgIpc) is 3.43. The van der Waals surface area contributed by atoms with Crippen molar-refractivity contribution in [3.05, 3.63) is 96.1 Å². The molecule has 6 nitrogen and oxygen atoms in total. The Labute approximate surface area is 181 Å². The van der Waals surface area contributed by atoms with Crippen molar-refractivity contribution in [2.24, 2.45) is 0 Å². The highest BCUT2D eigenvalue weighted by molar-refractivity contribution is 5.76. The Balaban J connectivity index is 1.41. The minimum Gasteiger partial charge on any atom is -0.350 e. The quantitative estimate of drug-likeness (QED) is 0.524. The van der Waals surface area contributed by atoms with E-state index in [-0.39, 0.29) is 12.5 Å². The lowest BCUT2D eigenvalue weighted by atomic mass is 10.2. The molecule has 0 radical (unpaired) electrons. The number of para-hydroxylation sites is 1. The fraction of sp³-hybridized carbons (Fsp3) is 0.160. The number of rotatable bonds is 6. The summed E-state index contributed by atoms with van der Waals surface area (Å²) in [6.07, 6.45) is 0.961. The van der Waals surface area contributed by atoms with Gasteiger partial charge in [-0.15, -0.1) is 5.10 Å². The minimum absolute atomic E-state index is 0.0979. The summed E-state index contributed by atoms with van der Waals surface area (Å²) < 4.78 is 1.70. The van der Waals surface area contributed by atoms with E-state index in [2.05, 4.69) is 28.4 Å². The van der Waals surface area contributed by atoms with Gasteiger partial charge in [0, 0.05) is 24.3 Å². The van der Waals surface area contributed by atoms with Crippen LogP contribution in [-0.2, 0) is 24.3 Å². The Morgan fingerprint density at radius 2 is 1.61 bits per heavy atom. The Bertz CT molecular complexity index is 1190. The number of anilines is 2. The Hall–Kier alpha value is -3.93. The number of hydrogen-bond donors (Lipinski definition) is 1. The second-order valence-electron chi connectivity index (χ2n) is 7.55. The molecule has 0 fully saturated rings. The number of benzene rings is 3. The van der Waals surface area contributed by atoms with Crippen LogP contribution in [0.2, 0.25) is 0 Å². The molecule has 5 rings (SSSR count). The van der Waals surface area contributed by atoms with Crippen LogP contribution in [0, 0.1) is 0 Å². The third kappa shape index (κ3) is 4.05. The van der Waals surface area contributed by atoms with Gasteiger partial charge in [0.1, 0.15) is 6.54 Å². The monoisotopic (exact) mass is 409 g/mol. The van der Waals surface area contributed by atoms with E-state index in [9.17, 15) is 4.79 Å². The van der Waals surface area contributed by atoms with Crippen LogP contribution in [0.25, 0.3) is 11.4 Å². The van der Waals surface area contributed by atoms with Gasteiger partial charge in [-0.2, -0.15) is 4.98 Å². The van der Waals surface area contributed by atoms with Gasteiger partial charge >= 0.3 is 0 Å². The van der Waals surface area contributed by atoms with Gasteiger partial charge in [-0.25, -0.2) is 4.68 Å². The molecule has 31 heavy (non-hydrogen) atoms. The molecule has 0 aliphatic carbocycles. The summed E-state index contributed by atoms with van der Waals surface area (Å²) in [5.74, 6) is 1.22. The molecular weight excluding hydrogens is 386 g/mol. The summed E-state index contributed by atoms with van der Waals surface area (Å²) >= 11 is 0. The second-order valence-corrected chi connectivity index (χ2v) is 7.55. The lowest BCUT2D eigenvalue weighted by molar-refractivity contribution is -0.122.